The molecule has 3 amide bonds. The van der Waals surface area contributed by atoms with Gasteiger partial charge < -0.3 is 5.32 Å². The van der Waals surface area contributed by atoms with Gasteiger partial charge in [-0.3, -0.25) is 19.7 Å². The maximum Gasteiger partial charge on any atom is 0.286 e. The summed E-state index contributed by atoms with van der Waals surface area (Å²) >= 11 is 1.04. The molecular weight excluding hydrogens is 408 g/mol. The lowest BCUT2D eigenvalue weighted by atomic mass is 9.99. The minimum atomic E-state index is -0.353. The van der Waals surface area contributed by atoms with E-state index in [1.165, 1.54) is 11.1 Å². The molecule has 0 spiro atoms. The molecule has 1 fully saturated rings. The number of amides is 3. The summed E-state index contributed by atoms with van der Waals surface area (Å²) in [6.45, 7) is 0. The first kappa shape index (κ1) is 20.9. The van der Waals surface area contributed by atoms with Gasteiger partial charge in [0, 0.05) is 7.05 Å². The molecule has 1 aliphatic heterocycles. The average molecular weight is 431 g/mol. The summed E-state index contributed by atoms with van der Waals surface area (Å²) < 4.78 is 0. The van der Waals surface area contributed by atoms with Crippen molar-refractivity contribution in [1.29, 1.82) is 0 Å². The van der Waals surface area contributed by atoms with E-state index in [1.54, 1.807) is 7.05 Å². The fourth-order valence-corrected chi connectivity index (χ4v) is 4.24. The molecule has 1 atom stereocenters. The summed E-state index contributed by atoms with van der Waals surface area (Å²) in [5, 5.41) is 4.30. The average Bonchev–Trinajstić information content (AvgIpc) is 3.23. The van der Waals surface area contributed by atoms with Gasteiger partial charge in [-0.2, -0.15) is 0 Å². The van der Waals surface area contributed by atoms with Gasteiger partial charge in [0.2, 0.25) is 11.8 Å². The van der Waals surface area contributed by atoms with Gasteiger partial charge >= 0.3 is 0 Å². The van der Waals surface area contributed by atoms with E-state index < -0.39 is 0 Å². The van der Waals surface area contributed by atoms with Gasteiger partial charge in [0.15, 0.2) is 0 Å². The summed E-state index contributed by atoms with van der Waals surface area (Å²) in [6.07, 6.45) is 0.879. The summed E-state index contributed by atoms with van der Waals surface area (Å²) in [7, 11) is 1.63. The van der Waals surface area contributed by atoms with Crippen molar-refractivity contribution in [3.05, 3.63) is 83.9 Å². The third-order valence-electron chi connectivity index (χ3n) is 5.16. The van der Waals surface area contributed by atoms with E-state index in [-0.39, 0.29) is 22.3 Å². The Hall–Kier alpha value is -3.38. The lowest BCUT2D eigenvalue weighted by molar-refractivity contribution is -0.120. The van der Waals surface area contributed by atoms with Crippen molar-refractivity contribution < 1.29 is 14.4 Å². The second kappa shape index (κ2) is 9.18. The second-order valence-electron chi connectivity index (χ2n) is 7.42. The topological polar surface area (TPSA) is 75.3 Å². The van der Waals surface area contributed by atoms with E-state index in [1.807, 2.05) is 48.5 Å². The van der Waals surface area contributed by atoms with Crippen LogP contribution in [0.4, 0.5) is 4.79 Å². The van der Waals surface area contributed by atoms with Crippen LogP contribution in [0.1, 0.15) is 11.1 Å². The highest BCUT2D eigenvalue weighted by Crippen LogP contribution is 2.32. The fraction of sp³-hybridized carbons (Fsp3) is 0.160. The zero-order chi connectivity index (χ0) is 21.8. The first-order valence-corrected chi connectivity index (χ1v) is 10.9. The van der Waals surface area contributed by atoms with Gasteiger partial charge in [-0.05, 0) is 45.9 Å². The number of carbonyl (C=O) groups excluding carboxylic acids is 3. The minimum absolute atomic E-state index is 0.0191. The Balaban J connectivity index is 0.000000325. The van der Waals surface area contributed by atoms with Crippen molar-refractivity contribution in [3.63, 3.8) is 0 Å². The Morgan fingerprint density at radius 1 is 0.871 bits per heavy atom. The van der Waals surface area contributed by atoms with Crippen molar-refractivity contribution >= 4 is 28.8 Å². The molecule has 1 unspecified atom stereocenters. The van der Waals surface area contributed by atoms with E-state index >= 15 is 0 Å². The number of hydrogen-bond acceptors (Lipinski definition) is 4. The van der Waals surface area contributed by atoms with Gasteiger partial charge in [-0.15, -0.1) is 0 Å². The third-order valence-corrected chi connectivity index (χ3v) is 6.14. The molecule has 1 saturated heterocycles. The number of hydrogen-bond donors (Lipinski definition) is 2. The smallest absolute Gasteiger partial charge is 0.286 e. The fourth-order valence-electron chi connectivity index (χ4n) is 3.39. The Labute approximate surface area is 185 Å². The third kappa shape index (κ3) is 5.41. The van der Waals surface area contributed by atoms with Crippen molar-refractivity contribution in [3.8, 4) is 22.3 Å². The normalized spacial score (nSPS) is 15.6. The van der Waals surface area contributed by atoms with Crippen molar-refractivity contribution in [2.45, 2.75) is 18.1 Å². The van der Waals surface area contributed by atoms with Crippen LogP contribution >= 0.6 is 11.8 Å². The molecule has 2 aromatic rings. The Morgan fingerprint density at radius 3 is 2.06 bits per heavy atom. The van der Waals surface area contributed by atoms with Crippen LogP contribution in [0.25, 0.3) is 22.3 Å². The molecule has 0 saturated carbocycles. The van der Waals surface area contributed by atoms with Crippen molar-refractivity contribution in [2.24, 2.45) is 0 Å². The van der Waals surface area contributed by atoms with Crippen LogP contribution in [0.3, 0.4) is 0 Å². The maximum absolute atomic E-state index is 11.6. The van der Waals surface area contributed by atoms with Crippen LogP contribution < -0.4 is 10.6 Å². The Bertz CT molecular complexity index is 1120. The highest BCUT2D eigenvalue weighted by atomic mass is 32.2. The van der Waals surface area contributed by atoms with Gasteiger partial charge in [-0.1, -0.05) is 78.5 Å². The number of fused-ring (bicyclic) bond motifs is 1. The number of likely N-dealkylation sites (N-methyl/N-ethyl adjacent to an activating group) is 1. The van der Waals surface area contributed by atoms with Crippen LogP contribution in [0.15, 0.2) is 72.8 Å². The summed E-state index contributed by atoms with van der Waals surface area (Å²) in [6, 6.07) is 24.3. The van der Waals surface area contributed by atoms with Crippen LogP contribution in [-0.4, -0.2) is 29.4 Å². The molecular formula is C25H22N2O3S. The molecule has 0 radical (unpaired) electrons. The van der Waals surface area contributed by atoms with Gasteiger partial charge in [0.05, 0.1) is 11.7 Å². The maximum atomic E-state index is 11.6. The Morgan fingerprint density at radius 2 is 1.52 bits per heavy atom. The number of benzene rings is 3. The van der Waals surface area contributed by atoms with E-state index in [0.29, 0.717) is 12.8 Å². The molecule has 0 aromatic heterocycles. The van der Waals surface area contributed by atoms with E-state index in [2.05, 4.69) is 34.9 Å². The molecule has 156 valence electrons. The van der Waals surface area contributed by atoms with Gasteiger partial charge in [0.25, 0.3) is 5.24 Å². The van der Waals surface area contributed by atoms with Crippen LogP contribution in [-0.2, 0) is 22.4 Å². The lowest BCUT2D eigenvalue weighted by Gasteiger charge is -2.08. The number of carbonyl (C=O) groups is 3. The zero-order valence-electron chi connectivity index (χ0n) is 17.1. The van der Waals surface area contributed by atoms with Crippen LogP contribution in [0, 0.1) is 0 Å². The highest BCUT2D eigenvalue weighted by Gasteiger charge is 2.31. The minimum Gasteiger partial charge on any atom is -0.359 e. The number of rotatable bonds is 5. The summed E-state index contributed by atoms with van der Waals surface area (Å²) in [5.74, 6) is -0.240. The molecule has 2 aliphatic carbocycles. The molecule has 5 nitrogen and oxygen atoms in total. The van der Waals surface area contributed by atoms with Gasteiger partial charge in [-0.25, -0.2) is 0 Å². The molecule has 1 heterocycles. The molecule has 3 aliphatic rings. The van der Waals surface area contributed by atoms with Crippen LogP contribution in [0.5, 0.6) is 0 Å². The highest BCUT2D eigenvalue weighted by molar-refractivity contribution is 8.15. The monoisotopic (exact) mass is 430 g/mol. The standard InChI is InChI=1S/C19H18N2O3S.C6H4/c1-20-17(22)11-13-3-2-4-15(9-13)14-7-5-12(6-8-14)10-16-18(23)21-19(24)25-16;1-2-5-4-6(5)3-1/h2-9,16H,10-11H2,1H3,(H,20,22)(H,21,23,24);1-4H. The number of imide groups is 1. The van der Waals surface area contributed by atoms with E-state index in [4.69, 9.17) is 0 Å². The molecule has 2 N–H and O–H groups in total. The number of nitrogens with one attached hydrogen (secondary N) is 2. The zero-order valence-corrected chi connectivity index (χ0v) is 17.9. The van der Waals surface area contributed by atoms with Crippen molar-refractivity contribution in [1.82, 2.24) is 10.6 Å². The van der Waals surface area contributed by atoms with E-state index in [0.717, 1.165) is 34.0 Å². The van der Waals surface area contributed by atoms with Crippen molar-refractivity contribution in [2.75, 3.05) is 7.05 Å². The first-order valence-electron chi connectivity index (χ1n) is 10.0. The van der Waals surface area contributed by atoms with E-state index in [9.17, 15) is 14.4 Å². The molecule has 0 bridgehead atoms. The predicted molar refractivity (Wildman–Crippen MR) is 124 cm³/mol. The SMILES string of the molecule is CNC(=O)Cc1cccc(-c2ccc(CC3SC(=O)NC3=O)cc2)c1.c1cc2cc-2c1. The molecule has 6 heteroatoms. The summed E-state index contributed by atoms with van der Waals surface area (Å²) in [4.78, 5) is 34.4. The van der Waals surface area contributed by atoms with Crippen LogP contribution in [0.2, 0.25) is 0 Å². The lowest BCUT2D eigenvalue weighted by Crippen LogP contribution is -2.25. The molecule has 31 heavy (non-hydrogen) atoms. The number of thioether (sulfide) groups is 1. The predicted octanol–water partition coefficient (Wildman–Crippen LogP) is 4.20. The first-order chi connectivity index (χ1) is 15.0. The second-order valence-corrected chi connectivity index (χ2v) is 8.59. The quantitative estimate of drug-likeness (QED) is 0.498. The molecule has 2 aromatic carbocycles. The largest absolute Gasteiger partial charge is 0.359 e. The van der Waals surface area contributed by atoms with Gasteiger partial charge in [0.1, 0.15) is 0 Å². The Kier molecular flexibility index (Phi) is 6.18. The molecule has 5 rings (SSSR count). The summed E-state index contributed by atoms with van der Waals surface area (Å²) in [5.41, 5.74) is 6.90.